The lowest BCUT2D eigenvalue weighted by Crippen LogP contribution is -2.34. The Balaban J connectivity index is 2.71. The first-order valence-corrected chi connectivity index (χ1v) is 8.73. The van der Waals surface area contributed by atoms with Gasteiger partial charge in [-0.1, -0.05) is 41.4 Å². The summed E-state index contributed by atoms with van der Waals surface area (Å²) in [5, 5.41) is 0.213. The van der Waals surface area contributed by atoms with Crippen LogP contribution >= 0.6 is 27.5 Å². The number of halogens is 2. The Morgan fingerprint density at radius 1 is 1.32 bits per heavy atom. The highest BCUT2D eigenvalue weighted by atomic mass is 79.9. The summed E-state index contributed by atoms with van der Waals surface area (Å²) >= 11 is 9.20. The highest BCUT2D eigenvalue weighted by Gasteiger charge is 2.17. The van der Waals surface area contributed by atoms with Crippen LogP contribution in [0.1, 0.15) is 13.8 Å². The lowest BCUT2D eigenvalue weighted by atomic mass is 10.4. The number of nitrogens with one attached hydrogen (secondary N) is 1. The van der Waals surface area contributed by atoms with Crippen molar-refractivity contribution in [1.82, 2.24) is 9.62 Å². The van der Waals surface area contributed by atoms with Gasteiger partial charge in [0.2, 0.25) is 10.0 Å². The molecule has 0 saturated heterocycles. The zero-order valence-electron chi connectivity index (χ0n) is 11.0. The second-order valence-corrected chi connectivity index (χ2v) is 7.06. The number of hydrogen-bond donors (Lipinski definition) is 1. The summed E-state index contributed by atoms with van der Waals surface area (Å²) < 4.78 is 27.5. The molecule has 0 bridgehead atoms. The Morgan fingerprint density at radius 2 is 1.95 bits per heavy atom. The van der Waals surface area contributed by atoms with Crippen LogP contribution in [0.2, 0.25) is 5.02 Å². The monoisotopic (exact) mass is 368 g/mol. The van der Waals surface area contributed by atoms with E-state index in [1.54, 1.807) is 12.1 Å². The first-order chi connectivity index (χ1) is 8.90. The minimum absolute atomic E-state index is 0.108. The van der Waals surface area contributed by atoms with Crippen molar-refractivity contribution in [1.29, 1.82) is 0 Å². The van der Waals surface area contributed by atoms with Gasteiger partial charge in [0.15, 0.2) is 0 Å². The van der Waals surface area contributed by atoms with Gasteiger partial charge in [-0.25, -0.2) is 13.1 Å². The fraction of sp³-hybridized carbons (Fsp3) is 0.500. The Hall–Kier alpha value is -0.140. The minimum Gasteiger partial charge on any atom is -0.303 e. The van der Waals surface area contributed by atoms with Crippen LogP contribution in [0.15, 0.2) is 27.6 Å². The van der Waals surface area contributed by atoms with E-state index in [1.807, 2.05) is 13.8 Å². The zero-order valence-corrected chi connectivity index (χ0v) is 14.1. The third kappa shape index (κ3) is 5.04. The fourth-order valence-electron chi connectivity index (χ4n) is 1.65. The first kappa shape index (κ1) is 16.9. The molecule has 0 amide bonds. The van der Waals surface area contributed by atoms with Crippen molar-refractivity contribution in [3.63, 3.8) is 0 Å². The molecule has 0 atom stereocenters. The smallest absolute Gasteiger partial charge is 0.242 e. The molecule has 0 heterocycles. The van der Waals surface area contributed by atoms with Crippen molar-refractivity contribution in [3.05, 3.63) is 27.7 Å². The Kier molecular flexibility index (Phi) is 6.76. The first-order valence-electron chi connectivity index (χ1n) is 6.07. The molecule has 0 aliphatic heterocycles. The number of likely N-dealkylation sites (N-methyl/N-ethyl adjacent to an activating group) is 1. The van der Waals surface area contributed by atoms with Crippen LogP contribution in [0.3, 0.4) is 0 Å². The van der Waals surface area contributed by atoms with Gasteiger partial charge in [0, 0.05) is 17.6 Å². The molecule has 1 aromatic carbocycles. The van der Waals surface area contributed by atoms with Gasteiger partial charge in [-0.2, -0.15) is 0 Å². The van der Waals surface area contributed by atoms with E-state index in [9.17, 15) is 8.42 Å². The van der Waals surface area contributed by atoms with Gasteiger partial charge >= 0.3 is 0 Å². The zero-order chi connectivity index (χ0) is 14.5. The van der Waals surface area contributed by atoms with Gasteiger partial charge in [-0.15, -0.1) is 0 Å². The molecular formula is C12H18BrClN2O2S. The van der Waals surface area contributed by atoms with E-state index in [4.69, 9.17) is 11.6 Å². The average molecular weight is 370 g/mol. The maximum Gasteiger partial charge on any atom is 0.242 e. The second kappa shape index (κ2) is 7.59. The number of sulfonamides is 1. The van der Waals surface area contributed by atoms with Gasteiger partial charge in [0.05, 0.1) is 5.02 Å². The van der Waals surface area contributed by atoms with Crippen molar-refractivity contribution < 1.29 is 8.42 Å². The van der Waals surface area contributed by atoms with Crippen LogP contribution in [-0.4, -0.2) is 39.5 Å². The molecule has 0 unspecified atom stereocenters. The molecule has 4 nitrogen and oxygen atoms in total. The van der Waals surface area contributed by atoms with Crippen molar-refractivity contribution in [2.75, 3.05) is 26.2 Å². The quantitative estimate of drug-likeness (QED) is 0.804. The fourth-order valence-corrected chi connectivity index (χ4v) is 3.71. The molecule has 0 saturated carbocycles. The van der Waals surface area contributed by atoms with E-state index in [1.165, 1.54) is 6.07 Å². The number of hydrogen-bond acceptors (Lipinski definition) is 3. The Morgan fingerprint density at radius 3 is 2.47 bits per heavy atom. The molecule has 0 spiro atoms. The standard InChI is InChI=1S/C12H18BrClN2O2S/c1-3-16(4-2)8-7-15-19(17,18)12-6-5-10(13)9-11(12)14/h5-6,9,15H,3-4,7-8H2,1-2H3. The minimum atomic E-state index is -3.55. The van der Waals surface area contributed by atoms with Gasteiger partial charge in [-0.05, 0) is 31.3 Å². The lowest BCUT2D eigenvalue weighted by molar-refractivity contribution is 0.309. The molecule has 1 aromatic rings. The Labute approximate surface area is 128 Å². The molecule has 7 heteroatoms. The van der Waals surface area contributed by atoms with Crippen LogP contribution in [0.25, 0.3) is 0 Å². The lowest BCUT2D eigenvalue weighted by Gasteiger charge is -2.18. The van der Waals surface area contributed by atoms with Crippen LogP contribution < -0.4 is 4.72 Å². The molecule has 108 valence electrons. The molecule has 0 aromatic heterocycles. The van der Waals surface area contributed by atoms with E-state index in [2.05, 4.69) is 25.6 Å². The molecule has 0 radical (unpaired) electrons. The van der Waals surface area contributed by atoms with E-state index in [-0.39, 0.29) is 9.92 Å². The van der Waals surface area contributed by atoms with Gasteiger partial charge in [-0.3, -0.25) is 0 Å². The molecule has 1 rings (SSSR count). The largest absolute Gasteiger partial charge is 0.303 e. The van der Waals surface area contributed by atoms with Gasteiger partial charge in [0.25, 0.3) is 0 Å². The molecule has 0 aliphatic carbocycles. The molecule has 0 aliphatic rings. The number of benzene rings is 1. The summed E-state index contributed by atoms with van der Waals surface area (Å²) in [6.45, 7) is 6.94. The second-order valence-electron chi connectivity index (χ2n) is 4.00. The molecular weight excluding hydrogens is 352 g/mol. The van der Waals surface area contributed by atoms with Crippen molar-refractivity contribution in [3.8, 4) is 0 Å². The molecule has 19 heavy (non-hydrogen) atoms. The van der Waals surface area contributed by atoms with Gasteiger partial charge < -0.3 is 4.90 Å². The SMILES string of the molecule is CCN(CC)CCNS(=O)(=O)c1ccc(Br)cc1Cl. The summed E-state index contributed by atoms with van der Waals surface area (Å²) in [6.07, 6.45) is 0. The summed E-state index contributed by atoms with van der Waals surface area (Å²) in [6, 6.07) is 4.72. The average Bonchev–Trinajstić information content (AvgIpc) is 2.34. The van der Waals surface area contributed by atoms with Crippen LogP contribution in [-0.2, 0) is 10.0 Å². The van der Waals surface area contributed by atoms with Crippen molar-refractivity contribution in [2.45, 2.75) is 18.7 Å². The third-order valence-corrected chi connectivity index (χ3v) is 5.24. The van der Waals surface area contributed by atoms with Crippen molar-refractivity contribution in [2.24, 2.45) is 0 Å². The number of nitrogens with zero attached hydrogens (tertiary/aromatic N) is 1. The van der Waals surface area contributed by atoms with E-state index in [0.29, 0.717) is 13.1 Å². The van der Waals surface area contributed by atoms with Crippen LogP contribution in [0, 0.1) is 0 Å². The summed E-state index contributed by atoms with van der Waals surface area (Å²) in [5.41, 5.74) is 0. The predicted molar refractivity (Wildman–Crippen MR) is 82.1 cm³/mol. The molecule has 1 N–H and O–H groups in total. The summed E-state index contributed by atoms with van der Waals surface area (Å²) in [7, 11) is -3.55. The maximum absolute atomic E-state index is 12.1. The van der Waals surface area contributed by atoms with Crippen LogP contribution in [0.4, 0.5) is 0 Å². The summed E-state index contributed by atoms with van der Waals surface area (Å²) in [5.74, 6) is 0. The topological polar surface area (TPSA) is 49.4 Å². The van der Waals surface area contributed by atoms with Crippen LogP contribution in [0.5, 0.6) is 0 Å². The van der Waals surface area contributed by atoms with E-state index < -0.39 is 10.0 Å². The Bertz CT molecular complexity index is 518. The maximum atomic E-state index is 12.1. The van der Waals surface area contributed by atoms with E-state index >= 15 is 0 Å². The van der Waals surface area contributed by atoms with E-state index in [0.717, 1.165) is 17.6 Å². The molecule has 0 fully saturated rings. The van der Waals surface area contributed by atoms with Crippen molar-refractivity contribution >= 4 is 37.6 Å². The summed E-state index contributed by atoms with van der Waals surface area (Å²) in [4.78, 5) is 2.25. The highest BCUT2D eigenvalue weighted by Crippen LogP contribution is 2.24. The normalized spacial score (nSPS) is 12.1. The predicted octanol–water partition coefficient (Wildman–Crippen LogP) is 2.72. The third-order valence-electron chi connectivity index (χ3n) is 2.80. The van der Waals surface area contributed by atoms with Gasteiger partial charge in [0.1, 0.15) is 4.90 Å². The number of rotatable bonds is 7. The highest BCUT2D eigenvalue weighted by molar-refractivity contribution is 9.10.